The van der Waals surface area contributed by atoms with Crippen LogP contribution in [0.1, 0.15) is 18.6 Å². The first-order chi connectivity index (χ1) is 12.5. The van der Waals surface area contributed by atoms with Crippen LogP contribution >= 0.6 is 24.0 Å². The van der Waals surface area contributed by atoms with E-state index >= 15 is 0 Å². The van der Waals surface area contributed by atoms with Crippen LogP contribution in [0, 0.1) is 5.41 Å². The van der Waals surface area contributed by atoms with Gasteiger partial charge in [-0.25, -0.2) is 4.99 Å². The molecule has 0 aromatic carbocycles. The number of halogens is 1. The summed E-state index contributed by atoms with van der Waals surface area (Å²) in [5.41, 5.74) is -0.0935. The highest BCUT2D eigenvalue weighted by molar-refractivity contribution is 14.0. The molecule has 2 rings (SSSR count). The molecule has 1 amide bonds. The lowest BCUT2D eigenvalue weighted by Crippen LogP contribution is -2.45. The predicted molar refractivity (Wildman–Crippen MR) is 114 cm³/mol. The van der Waals surface area contributed by atoms with Gasteiger partial charge in [-0.1, -0.05) is 0 Å². The summed E-state index contributed by atoms with van der Waals surface area (Å²) in [6.45, 7) is 2.81. The fraction of sp³-hybridized carbons (Fsp3) is 0.667. The minimum absolute atomic E-state index is 0. The highest BCUT2D eigenvalue weighted by atomic mass is 127. The van der Waals surface area contributed by atoms with Gasteiger partial charge < -0.3 is 29.8 Å². The third kappa shape index (κ3) is 8.06. The molecule has 0 radical (unpaired) electrons. The Labute approximate surface area is 177 Å². The van der Waals surface area contributed by atoms with Crippen LogP contribution < -0.4 is 10.6 Å². The molecule has 0 spiro atoms. The van der Waals surface area contributed by atoms with E-state index in [0.717, 1.165) is 18.6 Å². The molecule has 1 unspecified atom stereocenters. The van der Waals surface area contributed by atoms with Gasteiger partial charge in [0, 0.05) is 52.2 Å². The number of nitrogens with zero attached hydrogens (tertiary/aromatic N) is 2. The zero-order chi connectivity index (χ0) is 18.8. The standard InChI is InChI=1S/C18H30N4O4.HI/c1-22(2)16(24)12-20-17(19-8-5-15-4-3-10-26-15)21-13-18(6-9-23)7-11-25-14-18;/h3-4,10,23H,5-9,11-14H2,1-2H3,(H2,19,20,21);1H. The molecule has 3 N–H and O–H groups in total. The molecule has 1 aromatic heterocycles. The molecule has 154 valence electrons. The van der Waals surface area contributed by atoms with E-state index in [1.54, 1.807) is 20.4 Å². The molecule has 8 nitrogen and oxygen atoms in total. The third-order valence-corrected chi connectivity index (χ3v) is 4.57. The first-order valence-electron chi connectivity index (χ1n) is 8.98. The van der Waals surface area contributed by atoms with E-state index in [1.165, 1.54) is 4.90 Å². The van der Waals surface area contributed by atoms with Crippen molar-refractivity contribution in [3.8, 4) is 0 Å². The van der Waals surface area contributed by atoms with E-state index in [9.17, 15) is 9.90 Å². The average Bonchev–Trinajstić information content (AvgIpc) is 3.29. The number of amides is 1. The Balaban J connectivity index is 0.00000364. The second-order valence-electron chi connectivity index (χ2n) is 6.84. The molecule has 0 saturated carbocycles. The van der Waals surface area contributed by atoms with Crippen LogP contribution in [0.5, 0.6) is 0 Å². The molecule has 1 fully saturated rings. The number of likely N-dealkylation sites (N-methyl/N-ethyl adjacent to an activating group) is 1. The molecular formula is C18H31IN4O4. The predicted octanol–water partition coefficient (Wildman–Crippen LogP) is 0.853. The van der Waals surface area contributed by atoms with Gasteiger partial charge in [-0.3, -0.25) is 4.79 Å². The topological polar surface area (TPSA) is 99.3 Å². The van der Waals surface area contributed by atoms with Gasteiger partial charge in [0.2, 0.25) is 5.91 Å². The molecule has 1 aromatic rings. The fourth-order valence-corrected chi connectivity index (χ4v) is 2.80. The molecule has 1 atom stereocenters. The van der Waals surface area contributed by atoms with E-state index in [2.05, 4.69) is 15.6 Å². The molecule has 0 bridgehead atoms. The maximum atomic E-state index is 11.8. The Morgan fingerprint density at radius 2 is 2.22 bits per heavy atom. The summed E-state index contributed by atoms with van der Waals surface area (Å²) in [6.07, 6.45) is 3.95. The maximum Gasteiger partial charge on any atom is 0.243 e. The van der Waals surface area contributed by atoms with E-state index < -0.39 is 0 Å². The second-order valence-corrected chi connectivity index (χ2v) is 6.84. The number of ether oxygens (including phenoxy) is 1. The largest absolute Gasteiger partial charge is 0.469 e. The van der Waals surface area contributed by atoms with E-state index in [0.29, 0.717) is 38.7 Å². The minimum atomic E-state index is -0.0935. The molecule has 1 aliphatic rings. The maximum absolute atomic E-state index is 11.8. The second kappa shape index (κ2) is 12.2. The lowest BCUT2D eigenvalue weighted by atomic mass is 9.84. The lowest BCUT2D eigenvalue weighted by Gasteiger charge is -2.27. The molecule has 2 heterocycles. The van der Waals surface area contributed by atoms with Crippen molar-refractivity contribution in [3.05, 3.63) is 24.2 Å². The van der Waals surface area contributed by atoms with Crippen molar-refractivity contribution in [2.24, 2.45) is 10.4 Å². The lowest BCUT2D eigenvalue weighted by molar-refractivity contribution is -0.127. The number of nitrogens with one attached hydrogen (secondary N) is 2. The Hall–Kier alpha value is -1.33. The van der Waals surface area contributed by atoms with Crippen molar-refractivity contribution >= 4 is 35.8 Å². The quantitative estimate of drug-likeness (QED) is 0.268. The van der Waals surface area contributed by atoms with Crippen LogP contribution in [0.25, 0.3) is 0 Å². The fourth-order valence-electron chi connectivity index (χ4n) is 2.80. The molecule has 1 aliphatic heterocycles. The molecular weight excluding hydrogens is 463 g/mol. The summed E-state index contributed by atoms with van der Waals surface area (Å²) in [5.74, 6) is 1.41. The normalized spacial score (nSPS) is 19.4. The highest BCUT2D eigenvalue weighted by Gasteiger charge is 2.34. The van der Waals surface area contributed by atoms with E-state index in [4.69, 9.17) is 9.15 Å². The number of hydrogen-bond acceptors (Lipinski definition) is 5. The number of guanidine groups is 1. The molecule has 1 saturated heterocycles. The van der Waals surface area contributed by atoms with Crippen molar-refractivity contribution < 1.29 is 19.1 Å². The number of rotatable bonds is 9. The van der Waals surface area contributed by atoms with Gasteiger partial charge in [0.25, 0.3) is 0 Å². The van der Waals surface area contributed by atoms with Crippen molar-refractivity contribution in [1.82, 2.24) is 15.5 Å². The Bertz CT molecular complexity index is 572. The summed E-state index contributed by atoms with van der Waals surface area (Å²) < 4.78 is 10.8. The molecule has 27 heavy (non-hydrogen) atoms. The summed E-state index contributed by atoms with van der Waals surface area (Å²) in [4.78, 5) is 17.7. The molecule has 9 heteroatoms. The number of aliphatic hydroxyl groups excluding tert-OH is 1. The number of hydrogen-bond donors (Lipinski definition) is 3. The van der Waals surface area contributed by atoms with E-state index in [1.807, 2.05) is 12.1 Å². The van der Waals surface area contributed by atoms with Crippen molar-refractivity contribution in [1.29, 1.82) is 0 Å². The third-order valence-electron chi connectivity index (χ3n) is 4.57. The number of aliphatic hydroxyl groups is 1. The minimum Gasteiger partial charge on any atom is -0.469 e. The van der Waals surface area contributed by atoms with Crippen LogP contribution in [0.4, 0.5) is 0 Å². The van der Waals surface area contributed by atoms with Crippen molar-refractivity contribution in [2.75, 3.05) is 53.6 Å². The van der Waals surface area contributed by atoms with Gasteiger partial charge in [-0.05, 0) is 25.0 Å². The first-order valence-corrected chi connectivity index (χ1v) is 8.98. The van der Waals surface area contributed by atoms with Gasteiger partial charge in [-0.2, -0.15) is 0 Å². The monoisotopic (exact) mass is 494 g/mol. The highest BCUT2D eigenvalue weighted by Crippen LogP contribution is 2.31. The van der Waals surface area contributed by atoms with Crippen LogP contribution in [0.3, 0.4) is 0 Å². The van der Waals surface area contributed by atoms with Gasteiger partial charge in [-0.15, -0.1) is 24.0 Å². The van der Waals surface area contributed by atoms with Crippen molar-refractivity contribution in [2.45, 2.75) is 19.3 Å². The summed E-state index contributed by atoms with van der Waals surface area (Å²) in [7, 11) is 3.42. The number of aliphatic imine (C=N–C) groups is 1. The Morgan fingerprint density at radius 1 is 1.41 bits per heavy atom. The van der Waals surface area contributed by atoms with Gasteiger partial charge in [0.15, 0.2) is 5.96 Å². The Morgan fingerprint density at radius 3 is 2.81 bits per heavy atom. The van der Waals surface area contributed by atoms with Gasteiger partial charge in [0.1, 0.15) is 12.3 Å². The Kier molecular flexibility index (Phi) is 10.7. The summed E-state index contributed by atoms with van der Waals surface area (Å²) in [6, 6.07) is 3.78. The van der Waals surface area contributed by atoms with Crippen molar-refractivity contribution in [3.63, 3.8) is 0 Å². The van der Waals surface area contributed by atoms with E-state index in [-0.39, 0.29) is 48.5 Å². The van der Waals surface area contributed by atoms with Crippen LogP contribution in [-0.2, 0) is 16.0 Å². The smallest absolute Gasteiger partial charge is 0.243 e. The average molecular weight is 494 g/mol. The zero-order valence-electron chi connectivity index (χ0n) is 16.1. The SMILES string of the molecule is CN(C)C(=O)CN=C(NCCc1ccco1)NCC1(CCO)CCOC1.I. The first kappa shape index (κ1) is 23.7. The van der Waals surface area contributed by atoms with Gasteiger partial charge >= 0.3 is 0 Å². The summed E-state index contributed by atoms with van der Waals surface area (Å²) in [5, 5.41) is 15.9. The number of carbonyl (C=O) groups excluding carboxylic acids is 1. The van der Waals surface area contributed by atoms with Gasteiger partial charge in [0.05, 0.1) is 12.9 Å². The number of carbonyl (C=O) groups is 1. The molecule has 0 aliphatic carbocycles. The van der Waals surface area contributed by atoms with Crippen LogP contribution in [0.15, 0.2) is 27.8 Å². The van der Waals surface area contributed by atoms with Crippen LogP contribution in [0.2, 0.25) is 0 Å². The summed E-state index contributed by atoms with van der Waals surface area (Å²) >= 11 is 0. The zero-order valence-corrected chi connectivity index (χ0v) is 18.4. The number of furan rings is 1. The van der Waals surface area contributed by atoms with Crippen LogP contribution in [-0.4, -0.2) is 75.4 Å².